The molecule has 7 heteroatoms. The molecule has 0 bridgehead atoms. The second-order valence-electron chi connectivity index (χ2n) is 5.72. The second kappa shape index (κ2) is 7.65. The summed E-state index contributed by atoms with van der Waals surface area (Å²) < 4.78 is 13.5. The van der Waals surface area contributed by atoms with Crippen molar-refractivity contribution in [2.75, 3.05) is 5.75 Å². The van der Waals surface area contributed by atoms with Crippen molar-refractivity contribution in [3.8, 4) is 0 Å². The Hall–Kier alpha value is -2.41. The first-order valence-corrected chi connectivity index (χ1v) is 8.94. The van der Waals surface area contributed by atoms with Crippen LogP contribution in [0, 0.1) is 5.82 Å². The Kier molecular flexibility index (Phi) is 5.33. The molecule has 1 N–H and O–H groups in total. The van der Waals surface area contributed by atoms with Crippen LogP contribution in [0.4, 0.5) is 4.39 Å². The molecule has 0 saturated carbocycles. The molecule has 2 amide bonds. The van der Waals surface area contributed by atoms with Crippen LogP contribution in [-0.2, 0) is 16.1 Å². The van der Waals surface area contributed by atoms with E-state index in [0.29, 0.717) is 17.9 Å². The minimum atomic E-state index is -0.584. The third-order valence-electron chi connectivity index (χ3n) is 3.97. The predicted octanol–water partition coefficient (Wildman–Crippen LogP) is 2.50. The SMILES string of the molecule is CC(=O)N1C(C(=O)NCc2ccccn2)CSC1c1cccc(F)c1. The highest BCUT2D eigenvalue weighted by Gasteiger charge is 2.40. The molecule has 130 valence electrons. The van der Waals surface area contributed by atoms with Crippen LogP contribution in [-0.4, -0.2) is 33.5 Å². The van der Waals surface area contributed by atoms with Gasteiger partial charge in [0.15, 0.2) is 0 Å². The number of aromatic nitrogens is 1. The van der Waals surface area contributed by atoms with Crippen LogP contribution < -0.4 is 5.32 Å². The molecule has 1 saturated heterocycles. The Labute approximate surface area is 149 Å². The number of rotatable bonds is 4. The molecule has 1 aliphatic rings. The molecule has 1 fully saturated rings. The number of pyridine rings is 1. The first-order valence-electron chi connectivity index (χ1n) is 7.90. The van der Waals surface area contributed by atoms with E-state index in [-0.39, 0.29) is 23.0 Å². The molecule has 0 spiro atoms. The van der Waals surface area contributed by atoms with E-state index < -0.39 is 6.04 Å². The highest BCUT2D eigenvalue weighted by molar-refractivity contribution is 7.99. The molecule has 5 nitrogen and oxygen atoms in total. The van der Waals surface area contributed by atoms with E-state index in [0.717, 1.165) is 5.69 Å². The first-order chi connectivity index (χ1) is 12.1. The molecular weight excluding hydrogens is 341 g/mol. The third-order valence-corrected chi connectivity index (χ3v) is 5.29. The maximum atomic E-state index is 13.5. The van der Waals surface area contributed by atoms with Crippen LogP contribution in [0.2, 0.25) is 0 Å². The van der Waals surface area contributed by atoms with Gasteiger partial charge in [-0.2, -0.15) is 0 Å². The van der Waals surface area contributed by atoms with Crippen molar-refractivity contribution in [2.24, 2.45) is 0 Å². The largest absolute Gasteiger partial charge is 0.349 e. The fourth-order valence-electron chi connectivity index (χ4n) is 2.81. The van der Waals surface area contributed by atoms with Crippen molar-refractivity contribution in [3.63, 3.8) is 0 Å². The molecule has 0 radical (unpaired) electrons. The van der Waals surface area contributed by atoms with Gasteiger partial charge in [-0.15, -0.1) is 11.8 Å². The Morgan fingerprint density at radius 3 is 2.84 bits per heavy atom. The van der Waals surface area contributed by atoms with E-state index in [1.54, 1.807) is 24.4 Å². The lowest BCUT2D eigenvalue weighted by atomic mass is 10.1. The van der Waals surface area contributed by atoms with E-state index in [9.17, 15) is 14.0 Å². The topological polar surface area (TPSA) is 62.3 Å². The van der Waals surface area contributed by atoms with Gasteiger partial charge in [-0.25, -0.2) is 4.39 Å². The fourth-order valence-corrected chi connectivity index (χ4v) is 4.28. The zero-order valence-electron chi connectivity index (χ0n) is 13.7. The standard InChI is InChI=1S/C18H18FN3O2S/c1-12(23)22-16(17(24)21-10-15-7-2-3-8-20-15)11-25-18(22)13-5-4-6-14(19)9-13/h2-9,16,18H,10-11H2,1H3,(H,21,24). The number of carbonyl (C=O) groups excluding carboxylic acids is 2. The highest BCUT2D eigenvalue weighted by Crippen LogP contribution is 2.41. The van der Waals surface area contributed by atoms with Crippen LogP contribution in [0.5, 0.6) is 0 Å². The summed E-state index contributed by atoms with van der Waals surface area (Å²) in [7, 11) is 0. The maximum absolute atomic E-state index is 13.5. The number of halogens is 1. The highest BCUT2D eigenvalue weighted by atomic mass is 32.2. The van der Waals surface area contributed by atoms with Gasteiger partial charge in [0.1, 0.15) is 17.2 Å². The minimum absolute atomic E-state index is 0.211. The van der Waals surface area contributed by atoms with E-state index in [1.807, 2.05) is 12.1 Å². The van der Waals surface area contributed by atoms with Crippen molar-refractivity contribution >= 4 is 23.6 Å². The maximum Gasteiger partial charge on any atom is 0.244 e. The van der Waals surface area contributed by atoms with Gasteiger partial charge in [0.05, 0.1) is 12.2 Å². The quantitative estimate of drug-likeness (QED) is 0.911. The average Bonchev–Trinajstić information content (AvgIpc) is 3.06. The number of hydrogen-bond donors (Lipinski definition) is 1. The van der Waals surface area contributed by atoms with Gasteiger partial charge in [0, 0.05) is 18.9 Å². The second-order valence-corrected chi connectivity index (χ2v) is 6.83. The van der Waals surface area contributed by atoms with Crippen LogP contribution in [0.1, 0.15) is 23.6 Å². The summed E-state index contributed by atoms with van der Waals surface area (Å²) in [6, 6.07) is 11.0. The summed E-state index contributed by atoms with van der Waals surface area (Å²) >= 11 is 1.46. The number of amides is 2. The summed E-state index contributed by atoms with van der Waals surface area (Å²) in [5.74, 6) is -0.330. The molecule has 2 heterocycles. The number of thioether (sulfide) groups is 1. The van der Waals surface area contributed by atoms with Gasteiger partial charge in [-0.1, -0.05) is 18.2 Å². The van der Waals surface area contributed by atoms with Gasteiger partial charge in [0.25, 0.3) is 0 Å². The normalized spacial score (nSPS) is 19.7. The van der Waals surface area contributed by atoms with Gasteiger partial charge in [0.2, 0.25) is 11.8 Å². The van der Waals surface area contributed by atoms with Crippen LogP contribution >= 0.6 is 11.8 Å². The Morgan fingerprint density at radius 2 is 2.16 bits per heavy atom. The van der Waals surface area contributed by atoms with E-state index in [2.05, 4.69) is 10.3 Å². The monoisotopic (exact) mass is 359 g/mol. The van der Waals surface area contributed by atoms with Crippen LogP contribution in [0.3, 0.4) is 0 Å². The minimum Gasteiger partial charge on any atom is -0.349 e. The molecule has 1 aliphatic heterocycles. The number of nitrogens with zero attached hydrogens (tertiary/aromatic N) is 2. The number of nitrogens with one attached hydrogen (secondary N) is 1. The molecule has 1 aromatic carbocycles. The predicted molar refractivity (Wildman–Crippen MR) is 94.0 cm³/mol. The van der Waals surface area contributed by atoms with E-state index in [4.69, 9.17) is 0 Å². The Balaban J connectivity index is 1.73. The lowest BCUT2D eigenvalue weighted by Gasteiger charge is -2.27. The molecule has 2 atom stereocenters. The van der Waals surface area contributed by atoms with Crippen LogP contribution in [0.15, 0.2) is 48.7 Å². The summed E-state index contributed by atoms with van der Waals surface area (Å²) in [5.41, 5.74) is 1.43. The van der Waals surface area contributed by atoms with Gasteiger partial charge < -0.3 is 10.2 Å². The van der Waals surface area contributed by atoms with Crippen molar-refractivity contribution < 1.29 is 14.0 Å². The number of carbonyl (C=O) groups is 2. The van der Waals surface area contributed by atoms with Crippen molar-refractivity contribution in [1.82, 2.24) is 15.2 Å². The summed E-state index contributed by atoms with van der Waals surface area (Å²) in [4.78, 5) is 30.4. The molecule has 2 unspecified atom stereocenters. The molecule has 25 heavy (non-hydrogen) atoms. The zero-order valence-corrected chi connectivity index (χ0v) is 14.5. The molecule has 1 aromatic heterocycles. The van der Waals surface area contributed by atoms with Crippen molar-refractivity contribution in [1.29, 1.82) is 0 Å². The first kappa shape index (κ1) is 17.4. The van der Waals surface area contributed by atoms with Gasteiger partial charge in [-0.05, 0) is 29.8 Å². The fraction of sp³-hybridized carbons (Fsp3) is 0.278. The van der Waals surface area contributed by atoms with E-state index >= 15 is 0 Å². The Bertz CT molecular complexity index is 772. The van der Waals surface area contributed by atoms with Gasteiger partial charge in [-0.3, -0.25) is 14.6 Å². The molecule has 0 aliphatic carbocycles. The summed E-state index contributed by atoms with van der Waals surface area (Å²) in [5, 5.41) is 2.46. The summed E-state index contributed by atoms with van der Waals surface area (Å²) in [6.07, 6.45) is 1.66. The zero-order chi connectivity index (χ0) is 17.8. The smallest absolute Gasteiger partial charge is 0.244 e. The molecule has 3 rings (SSSR count). The molecular formula is C18H18FN3O2S. The Morgan fingerprint density at radius 1 is 1.32 bits per heavy atom. The number of benzene rings is 1. The van der Waals surface area contributed by atoms with Crippen molar-refractivity contribution in [3.05, 3.63) is 65.7 Å². The van der Waals surface area contributed by atoms with E-state index in [1.165, 1.54) is 35.7 Å². The average molecular weight is 359 g/mol. The van der Waals surface area contributed by atoms with Crippen LogP contribution in [0.25, 0.3) is 0 Å². The molecule has 2 aromatic rings. The number of hydrogen-bond acceptors (Lipinski definition) is 4. The van der Waals surface area contributed by atoms with Gasteiger partial charge >= 0.3 is 0 Å². The lowest BCUT2D eigenvalue weighted by Crippen LogP contribution is -2.47. The summed E-state index contributed by atoms with van der Waals surface area (Å²) in [6.45, 7) is 1.73. The third kappa shape index (κ3) is 3.99. The lowest BCUT2D eigenvalue weighted by molar-refractivity contribution is -0.138. The van der Waals surface area contributed by atoms with Crippen molar-refractivity contribution in [2.45, 2.75) is 24.9 Å².